The Morgan fingerprint density at radius 2 is 1.83 bits per heavy atom. The van der Waals surface area contributed by atoms with E-state index in [1.807, 2.05) is 0 Å². The van der Waals surface area contributed by atoms with E-state index in [1.165, 1.54) is 0 Å². The minimum absolute atomic E-state index is 0.0243. The lowest BCUT2D eigenvalue weighted by Gasteiger charge is -2.25. The van der Waals surface area contributed by atoms with E-state index in [0.717, 1.165) is 37.8 Å². The molecule has 1 aromatic rings. The number of carbonyl (C=O) groups is 1. The first-order valence-electron chi connectivity index (χ1n) is 6.02. The van der Waals surface area contributed by atoms with E-state index >= 15 is 0 Å². The zero-order valence-electron chi connectivity index (χ0n) is 10.2. The van der Waals surface area contributed by atoms with Crippen LogP contribution in [0, 0.1) is 11.6 Å². The first-order chi connectivity index (χ1) is 8.50. The van der Waals surface area contributed by atoms with Gasteiger partial charge in [0.2, 0.25) is 0 Å². The molecule has 0 unspecified atom stereocenters. The molecule has 0 bridgehead atoms. The maximum atomic E-state index is 13.2. The predicted molar refractivity (Wildman–Crippen MR) is 65.1 cm³/mol. The van der Waals surface area contributed by atoms with Gasteiger partial charge in [-0.2, -0.15) is 0 Å². The third-order valence-electron chi connectivity index (χ3n) is 3.52. The Bertz CT molecular complexity index is 470. The van der Waals surface area contributed by atoms with Gasteiger partial charge in [0.15, 0.2) is 11.6 Å². The Hall–Kier alpha value is -1.65. The van der Waals surface area contributed by atoms with E-state index in [-0.39, 0.29) is 23.2 Å². The van der Waals surface area contributed by atoms with Crippen LogP contribution in [0.2, 0.25) is 0 Å². The van der Waals surface area contributed by atoms with Crippen LogP contribution in [0.15, 0.2) is 12.1 Å². The van der Waals surface area contributed by atoms with Crippen molar-refractivity contribution in [2.75, 3.05) is 12.8 Å². The molecule has 0 heterocycles. The Morgan fingerprint density at radius 1 is 1.28 bits per heavy atom. The van der Waals surface area contributed by atoms with E-state index in [2.05, 4.69) is 0 Å². The standard InChI is InChI=1S/C13H16F2N2O/c1-17(8-4-2-3-5-8)13(18)9-6-10(14)11(15)7-12(9)16/h6-8H,2-5,16H2,1H3. The molecule has 1 saturated carbocycles. The van der Waals surface area contributed by atoms with Crippen molar-refractivity contribution < 1.29 is 13.6 Å². The summed E-state index contributed by atoms with van der Waals surface area (Å²) in [6, 6.07) is 1.90. The average molecular weight is 254 g/mol. The van der Waals surface area contributed by atoms with Crippen LogP contribution in [-0.2, 0) is 0 Å². The molecule has 0 radical (unpaired) electrons. The molecule has 98 valence electrons. The molecule has 2 rings (SSSR count). The van der Waals surface area contributed by atoms with Crippen LogP contribution in [0.5, 0.6) is 0 Å². The molecule has 1 aliphatic carbocycles. The van der Waals surface area contributed by atoms with Gasteiger partial charge >= 0.3 is 0 Å². The van der Waals surface area contributed by atoms with Crippen LogP contribution in [-0.4, -0.2) is 23.9 Å². The fourth-order valence-corrected chi connectivity index (χ4v) is 2.39. The second kappa shape index (κ2) is 4.92. The zero-order valence-corrected chi connectivity index (χ0v) is 10.2. The molecule has 5 heteroatoms. The largest absolute Gasteiger partial charge is 0.398 e. The molecule has 0 atom stereocenters. The first kappa shape index (κ1) is 12.8. The van der Waals surface area contributed by atoms with Crippen LogP contribution >= 0.6 is 0 Å². The number of nitrogen functional groups attached to an aromatic ring is 1. The molecule has 0 spiro atoms. The number of amides is 1. The van der Waals surface area contributed by atoms with Gasteiger partial charge < -0.3 is 10.6 Å². The van der Waals surface area contributed by atoms with Crippen molar-refractivity contribution in [2.45, 2.75) is 31.7 Å². The van der Waals surface area contributed by atoms with Crippen molar-refractivity contribution in [3.8, 4) is 0 Å². The van der Waals surface area contributed by atoms with E-state index < -0.39 is 11.6 Å². The van der Waals surface area contributed by atoms with Gasteiger partial charge in [0, 0.05) is 24.8 Å². The van der Waals surface area contributed by atoms with Gasteiger partial charge in [0.05, 0.1) is 5.56 Å². The van der Waals surface area contributed by atoms with Gasteiger partial charge in [0.1, 0.15) is 0 Å². The lowest BCUT2D eigenvalue weighted by Crippen LogP contribution is -2.35. The summed E-state index contributed by atoms with van der Waals surface area (Å²) in [6.45, 7) is 0. The van der Waals surface area contributed by atoms with E-state index in [4.69, 9.17) is 5.73 Å². The number of rotatable bonds is 2. The third-order valence-corrected chi connectivity index (χ3v) is 3.52. The first-order valence-corrected chi connectivity index (χ1v) is 6.02. The number of nitrogens with zero attached hydrogens (tertiary/aromatic N) is 1. The highest BCUT2D eigenvalue weighted by Gasteiger charge is 2.26. The molecule has 18 heavy (non-hydrogen) atoms. The Morgan fingerprint density at radius 3 is 2.44 bits per heavy atom. The average Bonchev–Trinajstić information content (AvgIpc) is 2.85. The predicted octanol–water partition coefficient (Wildman–Crippen LogP) is 2.56. The Balaban J connectivity index is 2.25. The van der Waals surface area contributed by atoms with Crippen molar-refractivity contribution in [2.24, 2.45) is 0 Å². The second-order valence-electron chi connectivity index (χ2n) is 4.71. The molecule has 0 aromatic heterocycles. The van der Waals surface area contributed by atoms with E-state index in [0.29, 0.717) is 0 Å². The lowest BCUT2D eigenvalue weighted by atomic mass is 10.1. The summed E-state index contributed by atoms with van der Waals surface area (Å²) >= 11 is 0. The van der Waals surface area contributed by atoms with Gasteiger partial charge in [0.25, 0.3) is 5.91 Å². The SMILES string of the molecule is CN(C(=O)c1cc(F)c(F)cc1N)C1CCCC1. The highest BCUT2D eigenvalue weighted by atomic mass is 19.2. The normalized spacial score (nSPS) is 15.9. The van der Waals surface area contributed by atoms with Gasteiger partial charge in [-0.3, -0.25) is 4.79 Å². The summed E-state index contributed by atoms with van der Waals surface area (Å²) in [4.78, 5) is 13.8. The number of halogens is 2. The molecule has 1 amide bonds. The van der Waals surface area contributed by atoms with E-state index in [9.17, 15) is 13.6 Å². The monoisotopic (exact) mass is 254 g/mol. The smallest absolute Gasteiger partial charge is 0.256 e. The summed E-state index contributed by atoms with van der Waals surface area (Å²) in [5.41, 5.74) is 5.58. The van der Waals surface area contributed by atoms with Crippen LogP contribution in [0.25, 0.3) is 0 Å². The third kappa shape index (κ3) is 2.30. The number of carbonyl (C=O) groups excluding carboxylic acids is 1. The Kier molecular flexibility index (Phi) is 3.50. The van der Waals surface area contributed by atoms with Crippen molar-refractivity contribution in [1.82, 2.24) is 4.90 Å². The molecular formula is C13H16F2N2O. The summed E-state index contributed by atoms with van der Waals surface area (Å²) in [7, 11) is 1.68. The molecule has 1 aromatic carbocycles. The Labute approximate surface area is 105 Å². The molecule has 2 N–H and O–H groups in total. The molecule has 0 saturated heterocycles. The molecule has 0 aliphatic heterocycles. The van der Waals surface area contributed by atoms with Crippen LogP contribution in [0.1, 0.15) is 36.0 Å². The summed E-state index contributed by atoms with van der Waals surface area (Å²) in [5, 5.41) is 0. The lowest BCUT2D eigenvalue weighted by molar-refractivity contribution is 0.0735. The topological polar surface area (TPSA) is 46.3 Å². The van der Waals surface area contributed by atoms with Crippen molar-refractivity contribution in [1.29, 1.82) is 0 Å². The summed E-state index contributed by atoms with van der Waals surface area (Å²) in [5.74, 6) is -2.43. The van der Waals surface area contributed by atoms with Gasteiger partial charge in [-0.15, -0.1) is 0 Å². The van der Waals surface area contributed by atoms with Crippen LogP contribution in [0.4, 0.5) is 14.5 Å². The summed E-state index contributed by atoms with van der Waals surface area (Å²) in [6.07, 6.45) is 4.09. The van der Waals surface area contributed by atoms with Crippen LogP contribution in [0.3, 0.4) is 0 Å². The number of nitrogens with two attached hydrogens (primary N) is 1. The zero-order chi connectivity index (χ0) is 13.3. The minimum Gasteiger partial charge on any atom is -0.398 e. The fourth-order valence-electron chi connectivity index (χ4n) is 2.39. The van der Waals surface area contributed by atoms with E-state index in [1.54, 1.807) is 11.9 Å². The molecular weight excluding hydrogens is 238 g/mol. The number of hydrogen-bond acceptors (Lipinski definition) is 2. The quantitative estimate of drug-likeness (QED) is 0.824. The van der Waals surface area contributed by atoms with Crippen molar-refractivity contribution >= 4 is 11.6 Å². The maximum Gasteiger partial charge on any atom is 0.256 e. The summed E-state index contributed by atoms with van der Waals surface area (Å²) < 4.78 is 26.1. The molecule has 3 nitrogen and oxygen atoms in total. The minimum atomic E-state index is -1.05. The fraction of sp³-hybridized carbons (Fsp3) is 0.462. The number of anilines is 1. The van der Waals surface area contributed by atoms with Gasteiger partial charge in [-0.25, -0.2) is 8.78 Å². The van der Waals surface area contributed by atoms with Crippen molar-refractivity contribution in [3.63, 3.8) is 0 Å². The second-order valence-corrected chi connectivity index (χ2v) is 4.71. The van der Waals surface area contributed by atoms with Gasteiger partial charge in [-0.05, 0) is 18.9 Å². The van der Waals surface area contributed by atoms with Crippen molar-refractivity contribution in [3.05, 3.63) is 29.3 Å². The maximum absolute atomic E-state index is 13.2. The highest BCUT2D eigenvalue weighted by molar-refractivity contribution is 5.99. The molecule has 1 aliphatic rings. The molecule has 1 fully saturated rings. The highest BCUT2D eigenvalue weighted by Crippen LogP contribution is 2.25. The number of benzene rings is 1. The van der Waals surface area contributed by atoms with Gasteiger partial charge in [-0.1, -0.05) is 12.8 Å². The number of hydrogen-bond donors (Lipinski definition) is 1. The van der Waals surface area contributed by atoms with Crippen LogP contribution < -0.4 is 5.73 Å².